The van der Waals surface area contributed by atoms with Gasteiger partial charge in [0.05, 0.1) is 7.11 Å². The van der Waals surface area contributed by atoms with E-state index in [4.69, 9.17) is 22.1 Å². The van der Waals surface area contributed by atoms with Crippen molar-refractivity contribution >= 4 is 11.6 Å². The zero-order valence-corrected chi connectivity index (χ0v) is 12.0. The van der Waals surface area contributed by atoms with Crippen LogP contribution >= 0.6 is 11.6 Å². The van der Waals surface area contributed by atoms with Crippen molar-refractivity contribution in [1.82, 2.24) is 0 Å². The number of hydrogen-bond donors (Lipinski definition) is 1. The van der Waals surface area contributed by atoms with Gasteiger partial charge in [-0.25, -0.2) is 4.39 Å². The normalized spacial score (nSPS) is 12.2. The minimum atomic E-state index is -0.238. The zero-order valence-electron chi connectivity index (χ0n) is 11.3. The summed E-state index contributed by atoms with van der Waals surface area (Å²) in [4.78, 5) is 0. The maximum absolute atomic E-state index is 12.9. The molecule has 20 heavy (non-hydrogen) atoms. The van der Waals surface area contributed by atoms with Crippen LogP contribution in [0.4, 0.5) is 4.39 Å². The highest BCUT2D eigenvalue weighted by molar-refractivity contribution is 6.30. The first-order valence-corrected chi connectivity index (χ1v) is 6.79. The first-order valence-electron chi connectivity index (χ1n) is 6.42. The van der Waals surface area contributed by atoms with E-state index in [1.807, 2.05) is 12.1 Å². The molecule has 2 N–H and O–H groups in total. The van der Waals surface area contributed by atoms with E-state index in [0.29, 0.717) is 18.0 Å². The van der Waals surface area contributed by atoms with Gasteiger partial charge in [0.25, 0.3) is 0 Å². The monoisotopic (exact) mass is 293 g/mol. The summed E-state index contributed by atoms with van der Waals surface area (Å²) in [5, 5.41) is 0.651. The minimum absolute atomic E-state index is 0.0779. The first-order chi connectivity index (χ1) is 9.63. The van der Waals surface area contributed by atoms with Gasteiger partial charge >= 0.3 is 0 Å². The van der Waals surface area contributed by atoms with Crippen molar-refractivity contribution in [2.45, 2.75) is 12.3 Å². The highest BCUT2D eigenvalue weighted by Crippen LogP contribution is 2.31. The van der Waals surface area contributed by atoms with Crippen molar-refractivity contribution < 1.29 is 9.13 Å². The van der Waals surface area contributed by atoms with Gasteiger partial charge in [0.2, 0.25) is 0 Å². The molecule has 0 aromatic heterocycles. The molecule has 2 rings (SSSR count). The molecule has 0 saturated heterocycles. The van der Waals surface area contributed by atoms with Crippen LogP contribution in [0.15, 0.2) is 42.5 Å². The summed E-state index contributed by atoms with van der Waals surface area (Å²) < 4.78 is 18.3. The maximum Gasteiger partial charge on any atom is 0.123 e. The van der Waals surface area contributed by atoms with Crippen LogP contribution in [-0.4, -0.2) is 13.7 Å². The average molecular weight is 294 g/mol. The van der Waals surface area contributed by atoms with Gasteiger partial charge in [-0.15, -0.1) is 0 Å². The van der Waals surface area contributed by atoms with E-state index in [0.717, 1.165) is 16.9 Å². The Morgan fingerprint density at radius 3 is 2.50 bits per heavy atom. The quantitative estimate of drug-likeness (QED) is 0.911. The predicted molar refractivity (Wildman–Crippen MR) is 79.9 cm³/mol. The van der Waals surface area contributed by atoms with Gasteiger partial charge in [-0.3, -0.25) is 0 Å². The van der Waals surface area contributed by atoms with Crippen LogP contribution in [0.5, 0.6) is 5.75 Å². The Kier molecular flexibility index (Phi) is 4.99. The standard InChI is InChI=1S/C16H17ClFNO/c1-20-16-7-4-13(17)9-15(16)12(10-19)8-11-2-5-14(18)6-3-11/h2-7,9,12H,8,10,19H2,1H3. The van der Waals surface area contributed by atoms with E-state index >= 15 is 0 Å². The smallest absolute Gasteiger partial charge is 0.123 e. The fourth-order valence-electron chi connectivity index (χ4n) is 2.25. The molecular weight excluding hydrogens is 277 g/mol. The highest BCUT2D eigenvalue weighted by Gasteiger charge is 2.16. The van der Waals surface area contributed by atoms with Crippen LogP contribution in [-0.2, 0) is 6.42 Å². The number of ether oxygens (including phenoxy) is 1. The molecule has 0 aliphatic carbocycles. The van der Waals surface area contributed by atoms with Crippen molar-refractivity contribution in [3.63, 3.8) is 0 Å². The van der Waals surface area contributed by atoms with Crippen molar-refractivity contribution in [3.8, 4) is 5.75 Å². The summed E-state index contributed by atoms with van der Waals surface area (Å²) in [6, 6.07) is 12.0. The Morgan fingerprint density at radius 2 is 1.90 bits per heavy atom. The molecule has 0 bridgehead atoms. The van der Waals surface area contributed by atoms with Crippen molar-refractivity contribution in [1.29, 1.82) is 0 Å². The molecule has 4 heteroatoms. The number of hydrogen-bond acceptors (Lipinski definition) is 2. The molecule has 1 unspecified atom stereocenters. The Hall–Kier alpha value is -1.58. The Bertz CT molecular complexity index is 571. The number of rotatable bonds is 5. The molecule has 0 aliphatic heterocycles. The molecule has 0 aliphatic rings. The molecule has 106 valence electrons. The van der Waals surface area contributed by atoms with E-state index < -0.39 is 0 Å². The van der Waals surface area contributed by atoms with Gasteiger partial charge < -0.3 is 10.5 Å². The van der Waals surface area contributed by atoms with E-state index in [-0.39, 0.29) is 11.7 Å². The fourth-order valence-corrected chi connectivity index (χ4v) is 2.43. The fraction of sp³-hybridized carbons (Fsp3) is 0.250. The van der Waals surface area contributed by atoms with Gasteiger partial charge in [-0.2, -0.15) is 0 Å². The number of methoxy groups -OCH3 is 1. The van der Waals surface area contributed by atoms with E-state index in [1.54, 1.807) is 25.3 Å². The molecule has 2 aromatic rings. The molecule has 0 fully saturated rings. The Labute approximate surface area is 123 Å². The van der Waals surface area contributed by atoms with Crippen LogP contribution in [0, 0.1) is 5.82 Å². The zero-order chi connectivity index (χ0) is 14.5. The minimum Gasteiger partial charge on any atom is -0.496 e. The lowest BCUT2D eigenvalue weighted by molar-refractivity contribution is 0.405. The Balaban J connectivity index is 2.28. The second-order valence-electron chi connectivity index (χ2n) is 4.65. The van der Waals surface area contributed by atoms with Gasteiger partial charge in [-0.05, 0) is 48.9 Å². The molecule has 0 radical (unpaired) electrons. The SMILES string of the molecule is COc1ccc(Cl)cc1C(CN)Cc1ccc(F)cc1. The largest absolute Gasteiger partial charge is 0.496 e. The Morgan fingerprint density at radius 1 is 1.20 bits per heavy atom. The van der Waals surface area contributed by atoms with E-state index in [9.17, 15) is 4.39 Å². The predicted octanol–water partition coefficient (Wildman–Crippen LogP) is 3.77. The van der Waals surface area contributed by atoms with Crippen molar-refractivity contribution in [3.05, 3.63) is 64.4 Å². The molecule has 0 amide bonds. The van der Waals surface area contributed by atoms with Gasteiger partial charge in [0, 0.05) is 16.5 Å². The molecule has 1 atom stereocenters. The number of nitrogens with two attached hydrogens (primary N) is 1. The molecule has 2 aromatic carbocycles. The third-order valence-corrected chi connectivity index (χ3v) is 3.55. The van der Waals surface area contributed by atoms with Gasteiger partial charge in [-0.1, -0.05) is 23.7 Å². The number of halogens is 2. The summed E-state index contributed by atoms with van der Waals surface area (Å²) in [7, 11) is 1.62. The van der Waals surface area contributed by atoms with Crippen LogP contribution in [0.25, 0.3) is 0 Å². The number of benzene rings is 2. The van der Waals surface area contributed by atoms with E-state index in [1.165, 1.54) is 12.1 Å². The van der Waals surface area contributed by atoms with Crippen LogP contribution in [0.1, 0.15) is 17.0 Å². The van der Waals surface area contributed by atoms with Crippen LogP contribution in [0.3, 0.4) is 0 Å². The van der Waals surface area contributed by atoms with Crippen LogP contribution < -0.4 is 10.5 Å². The van der Waals surface area contributed by atoms with E-state index in [2.05, 4.69) is 0 Å². The molecular formula is C16H17ClFNO. The topological polar surface area (TPSA) is 35.2 Å². The van der Waals surface area contributed by atoms with Crippen LogP contribution in [0.2, 0.25) is 5.02 Å². The lowest BCUT2D eigenvalue weighted by Crippen LogP contribution is -2.16. The second-order valence-corrected chi connectivity index (χ2v) is 5.09. The van der Waals surface area contributed by atoms with Crippen molar-refractivity contribution in [2.75, 3.05) is 13.7 Å². The van der Waals surface area contributed by atoms with Crippen molar-refractivity contribution in [2.24, 2.45) is 5.73 Å². The summed E-state index contributed by atoms with van der Waals surface area (Å²) in [5.41, 5.74) is 7.89. The summed E-state index contributed by atoms with van der Waals surface area (Å²) >= 11 is 6.05. The molecule has 0 saturated carbocycles. The third-order valence-electron chi connectivity index (χ3n) is 3.31. The molecule has 0 spiro atoms. The summed E-state index contributed by atoms with van der Waals surface area (Å²) in [6.07, 6.45) is 0.716. The second kappa shape index (κ2) is 6.73. The van der Waals surface area contributed by atoms with Gasteiger partial charge in [0.15, 0.2) is 0 Å². The molecule has 2 nitrogen and oxygen atoms in total. The summed E-state index contributed by atoms with van der Waals surface area (Å²) in [6.45, 7) is 0.466. The lowest BCUT2D eigenvalue weighted by Gasteiger charge is -2.18. The molecule has 0 heterocycles. The van der Waals surface area contributed by atoms with Gasteiger partial charge in [0.1, 0.15) is 11.6 Å². The highest BCUT2D eigenvalue weighted by atomic mass is 35.5. The maximum atomic E-state index is 12.9. The third kappa shape index (κ3) is 3.50. The summed E-state index contributed by atoms with van der Waals surface area (Å²) in [5.74, 6) is 0.611. The lowest BCUT2D eigenvalue weighted by atomic mass is 9.91. The first kappa shape index (κ1) is 14.8. The average Bonchev–Trinajstić information content (AvgIpc) is 2.46.